The Morgan fingerprint density at radius 3 is 2.94 bits per heavy atom. The van der Waals surface area contributed by atoms with E-state index in [-0.39, 0.29) is 11.9 Å². The molecule has 5 nitrogen and oxygen atoms in total. The molecule has 1 aliphatic rings. The number of ether oxygens (including phenoxy) is 1. The van der Waals surface area contributed by atoms with Crippen molar-refractivity contribution in [3.05, 3.63) is 23.7 Å². The number of rotatable bonds is 3. The summed E-state index contributed by atoms with van der Waals surface area (Å²) in [6.45, 7) is 4.43. The highest BCUT2D eigenvalue weighted by Gasteiger charge is 2.36. The van der Waals surface area contributed by atoms with E-state index >= 15 is 0 Å². The Hall–Kier alpha value is -1.78. The second-order valence-corrected chi connectivity index (χ2v) is 4.30. The van der Waals surface area contributed by atoms with Crippen LogP contribution in [0.25, 0.3) is 0 Å². The summed E-state index contributed by atoms with van der Waals surface area (Å²) >= 11 is 0. The lowest BCUT2D eigenvalue weighted by molar-refractivity contribution is -0.147. The molecule has 98 valence electrons. The Morgan fingerprint density at radius 2 is 2.33 bits per heavy atom. The minimum atomic E-state index is -0.452. The Morgan fingerprint density at radius 1 is 1.56 bits per heavy atom. The molecule has 2 heterocycles. The van der Waals surface area contributed by atoms with Crippen LogP contribution in [0.4, 0.5) is 0 Å². The molecule has 5 heteroatoms. The van der Waals surface area contributed by atoms with Gasteiger partial charge in [-0.2, -0.15) is 0 Å². The van der Waals surface area contributed by atoms with E-state index in [0.717, 1.165) is 6.42 Å². The first kappa shape index (κ1) is 12.7. The molecule has 0 aromatic carbocycles. The first-order valence-corrected chi connectivity index (χ1v) is 6.16. The molecule has 0 aliphatic carbocycles. The minimum Gasteiger partial charge on any atom is -0.469 e. The van der Waals surface area contributed by atoms with Crippen LogP contribution in [0.2, 0.25) is 0 Å². The normalized spacial score (nSPS) is 19.0. The molecule has 1 amide bonds. The Balaban J connectivity index is 2.15. The third-order valence-electron chi connectivity index (χ3n) is 3.16. The fourth-order valence-electron chi connectivity index (χ4n) is 2.25. The number of hydrogen-bond acceptors (Lipinski definition) is 4. The van der Waals surface area contributed by atoms with Crippen LogP contribution in [0.5, 0.6) is 0 Å². The molecular weight excluding hydrogens is 234 g/mol. The number of hydrogen-bond donors (Lipinski definition) is 0. The average molecular weight is 251 g/mol. The quantitative estimate of drug-likeness (QED) is 0.768. The smallest absolute Gasteiger partial charge is 0.328 e. The van der Waals surface area contributed by atoms with E-state index in [1.807, 2.05) is 0 Å². The summed E-state index contributed by atoms with van der Waals surface area (Å²) in [6, 6.07) is 1.19. The zero-order valence-corrected chi connectivity index (χ0v) is 10.6. The van der Waals surface area contributed by atoms with Crippen LogP contribution in [0.15, 0.2) is 16.7 Å². The Kier molecular flexibility index (Phi) is 3.69. The standard InChI is InChI=1S/C13H17NO4/c1-3-17-13(16)11-5-4-7-14(11)12(15)10-6-8-18-9(10)2/h6,8,11H,3-5,7H2,1-2H3. The third-order valence-corrected chi connectivity index (χ3v) is 3.16. The fourth-order valence-corrected chi connectivity index (χ4v) is 2.25. The van der Waals surface area contributed by atoms with Crippen molar-refractivity contribution in [1.29, 1.82) is 0 Å². The van der Waals surface area contributed by atoms with E-state index in [9.17, 15) is 9.59 Å². The van der Waals surface area contributed by atoms with Crippen LogP contribution in [-0.2, 0) is 9.53 Å². The molecule has 0 N–H and O–H groups in total. The summed E-state index contributed by atoms with van der Waals surface area (Å²) in [5.74, 6) is 0.107. The van der Waals surface area contributed by atoms with E-state index in [2.05, 4.69) is 0 Å². The SMILES string of the molecule is CCOC(=O)C1CCCN1C(=O)c1ccoc1C. The van der Waals surface area contributed by atoms with Crippen LogP contribution in [0, 0.1) is 6.92 Å². The molecule has 18 heavy (non-hydrogen) atoms. The molecule has 0 bridgehead atoms. The highest BCUT2D eigenvalue weighted by molar-refractivity contribution is 5.97. The number of nitrogens with zero attached hydrogens (tertiary/aromatic N) is 1. The first-order chi connectivity index (χ1) is 8.65. The van der Waals surface area contributed by atoms with Gasteiger partial charge in [0, 0.05) is 6.54 Å². The third kappa shape index (κ3) is 2.25. The van der Waals surface area contributed by atoms with Gasteiger partial charge in [0.25, 0.3) is 5.91 Å². The first-order valence-electron chi connectivity index (χ1n) is 6.16. The summed E-state index contributed by atoms with van der Waals surface area (Å²) in [6.07, 6.45) is 2.98. The van der Waals surface area contributed by atoms with Crippen LogP contribution in [0.1, 0.15) is 35.9 Å². The zero-order chi connectivity index (χ0) is 13.1. The van der Waals surface area contributed by atoms with Crippen LogP contribution in [0.3, 0.4) is 0 Å². The lowest BCUT2D eigenvalue weighted by atomic mass is 10.2. The molecule has 0 saturated carbocycles. The molecule has 1 fully saturated rings. The monoisotopic (exact) mass is 251 g/mol. The van der Waals surface area contributed by atoms with Crippen molar-refractivity contribution in [3.63, 3.8) is 0 Å². The van der Waals surface area contributed by atoms with Crippen LogP contribution in [-0.4, -0.2) is 36.0 Å². The van der Waals surface area contributed by atoms with Crippen LogP contribution < -0.4 is 0 Å². The van der Waals surface area contributed by atoms with Gasteiger partial charge in [0.2, 0.25) is 0 Å². The van der Waals surface area contributed by atoms with Crippen molar-refractivity contribution < 1.29 is 18.7 Å². The summed E-state index contributed by atoms with van der Waals surface area (Å²) in [7, 11) is 0. The second kappa shape index (κ2) is 5.25. The van der Waals surface area contributed by atoms with Crippen molar-refractivity contribution in [2.24, 2.45) is 0 Å². The number of aryl methyl sites for hydroxylation is 1. The molecule has 0 spiro atoms. The molecule has 2 rings (SSSR count). The van der Waals surface area contributed by atoms with Gasteiger partial charge < -0.3 is 14.1 Å². The second-order valence-electron chi connectivity index (χ2n) is 4.30. The van der Waals surface area contributed by atoms with E-state index in [4.69, 9.17) is 9.15 Å². The molecule has 1 aliphatic heterocycles. The van der Waals surface area contributed by atoms with E-state index in [0.29, 0.717) is 30.9 Å². The molecule has 0 radical (unpaired) electrons. The Bertz CT molecular complexity index is 452. The van der Waals surface area contributed by atoms with Crippen molar-refractivity contribution in [3.8, 4) is 0 Å². The van der Waals surface area contributed by atoms with Gasteiger partial charge in [0.1, 0.15) is 11.8 Å². The van der Waals surface area contributed by atoms with Crippen molar-refractivity contribution in [2.75, 3.05) is 13.2 Å². The lowest BCUT2D eigenvalue weighted by Crippen LogP contribution is -2.41. The number of likely N-dealkylation sites (tertiary alicyclic amines) is 1. The summed E-state index contributed by atoms with van der Waals surface area (Å²) < 4.78 is 10.1. The maximum absolute atomic E-state index is 12.3. The average Bonchev–Trinajstić information content (AvgIpc) is 2.96. The van der Waals surface area contributed by atoms with Crippen molar-refractivity contribution in [1.82, 2.24) is 4.90 Å². The van der Waals surface area contributed by atoms with E-state index < -0.39 is 6.04 Å². The number of carbonyl (C=O) groups is 2. The van der Waals surface area contributed by atoms with E-state index in [1.165, 1.54) is 6.26 Å². The number of esters is 1. The van der Waals surface area contributed by atoms with E-state index in [1.54, 1.807) is 24.8 Å². The van der Waals surface area contributed by atoms with Gasteiger partial charge in [-0.1, -0.05) is 0 Å². The summed E-state index contributed by atoms with van der Waals surface area (Å²) in [4.78, 5) is 25.7. The molecule has 1 saturated heterocycles. The molecule has 1 aromatic heterocycles. The van der Waals surface area contributed by atoms with Gasteiger partial charge in [0.05, 0.1) is 18.4 Å². The number of furan rings is 1. The largest absolute Gasteiger partial charge is 0.469 e. The maximum atomic E-state index is 12.3. The highest BCUT2D eigenvalue weighted by atomic mass is 16.5. The molecule has 1 atom stereocenters. The van der Waals surface area contributed by atoms with Gasteiger partial charge in [-0.15, -0.1) is 0 Å². The van der Waals surface area contributed by atoms with Gasteiger partial charge >= 0.3 is 5.97 Å². The fraction of sp³-hybridized carbons (Fsp3) is 0.538. The predicted molar refractivity (Wildman–Crippen MR) is 64.1 cm³/mol. The minimum absolute atomic E-state index is 0.156. The van der Waals surface area contributed by atoms with Crippen LogP contribution >= 0.6 is 0 Å². The number of amides is 1. The number of carbonyl (C=O) groups excluding carboxylic acids is 2. The predicted octanol–water partition coefficient (Wildman–Crippen LogP) is 1.76. The van der Waals surface area contributed by atoms with Crippen molar-refractivity contribution in [2.45, 2.75) is 32.7 Å². The van der Waals surface area contributed by atoms with Gasteiger partial charge in [-0.3, -0.25) is 4.79 Å². The van der Waals surface area contributed by atoms with Gasteiger partial charge in [-0.25, -0.2) is 4.79 Å². The summed E-state index contributed by atoms with van der Waals surface area (Å²) in [5, 5.41) is 0. The highest BCUT2D eigenvalue weighted by Crippen LogP contribution is 2.22. The lowest BCUT2D eigenvalue weighted by Gasteiger charge is -2.22. The van der Waals surface area contributed by atoms with Gasteiger partial charge in [0.15, 0.2) is 0 Å². The zero-order valence-electron chi connectivity index (χ0n) is 10.6. The summed E-state index contributed by atoms with van der Waals surface area (Å²) in [5.41, 5.74) is 0.520. The van der Waals surface area contributed by atoms with Gasteiger partial charge in [-0.05, 0) is 32.8 Å². The molecular formula is C13H17NO4. The molecule has 1 aromatic rings. The topological polar surface area (TPSA) is 59.8 Å². The maximum Gasteiger partial charge on any atom is 0.328 e. The molecule has 1 unspecified atom stereocenters. The van der Waals surface area contributed by atoms with Crippen molar-refractivity contribution >= 4 is 11.9 Å². The Labute approximate surface area is 106 Å².